The zero-order valence-corrected chi connectivity index (χ0v) is 48.1. The Bertz CT molecular complexity index is 2850. The van der Waals surface area contributed by atoms with Crippen LogP contribution in [0.1, 0.15) is 102 Å². The number of carbonyl (C=O) groups excluding carboxylic acids is 11. The molecule has 1 saturated carbocycles. The molecule has 3 unspecified atom stereocenters. The Hall–Kier alpha value is -7.88. The van der Waals surface area contributed by atoms with Gasteiger partial charge in [0.2, 0.25) is 65.0 Å². The predicted octanol–water partition coefficient (Wildman–Crippen LogP) is -1.21. The number of guanidine groups is 1. The van der Waals surface area contributed by atoms with E-state index >= 15 is 4.79 Å². The van der Waals surface area contributed by atoms with Crippen molar-refractivity contribution in [2.75, 3.05) is 31.9 Å². The van der Waals surface area contributed by atoms with Crippen LogP contribution in [0.2, 0.25) is 0 Å². The maximum Gasteiger partial charge on any atom is 0.246 e. The number of carbonyl (C=O) groups is 11. The van der Waals surface area contributed by atoms with Crippen LogP contribution in [-0.2, 0) is 65.6 Å². The first-order chi connectivity index (χ1) is 39.7. The number of H-pyrrole nitrogens is 1. The van der Waals surface area contributed by atoms with Crippen LogP contribution < -0.4 is 65.5 Å². The molecule has 3 fully saturated rings. The van der Waals surface area contributed by atoms with Crippen molar-refractivity contribution in [3.63, 3.8) is 0 Å². The Balaban J connectivity index is 1.35. The standard InChI is InChI=1S/C55H77N15O11S2/c1-2-60-46(74)30-63-47(75)36(17-11-23-61-54(58)59)66-52(80)42-18-12-24-70(42)53(81)41-31-82-83-55(21-9-4-10-22-55)28-45(73)64-39(26-33-29-62-35-16-8-7-15-34(33)35)50(78)67-38(25-32-13-5-3-6-14-32)49(77)65-37(19-20-43(56)71)48(76)68-40(27-44(57)72)51(79)69-41/h3,5-8,13-16,29,36-42,62H,2,4,9-12,17-28,30-31H2,1H3,(H2,56,71)(H2,57,72)(H,60,74)(H,63,75)(H,64,73)(H,65,77)(H,66,80)(H,67,78)(H,68,76)(H,69,79)(H4,58,59,61)/t36-,37-,38-,39?,40?,41?,42-/m0/s1. The van der Waals surface area contributed by atoms with E-state index in [-0.39, 0.29) is 69.9 Å². The van der Waals surface area contributed by atoms with Gasteiger partial charge in [-0.15, -0.1) is 0 Å². The van der Waals surface area contributed by atoms with Gasteiger partial charge in [0.15, 0.2) is 5.96 Å². The van der Waals surface area contributed by atoms with Crippen LogP contribution in [0, 0.1) is 0 Å². The van der Waals surface area contributed by atoms with E-state index in [2.05, 4.69) is 52.5 Å². The molecule has 26 nitrogen and oxygen atoms in total. The van der Waals surface area contributed by atoms with Crippen molar-refractivity contribution in [1.29, 1.82) is 0 Å². The summed E-state index contributed by atoms with van der Waals surface area (Å²) in [5.74, 6) is -8.91. The Morgan fingerprint density at radius 2 is 1.42 bits per heavy atom. The molecule has 3 aromatic rings. The first-order valence-electron chi connectivity index (χ1n) is 27.9. The summed E-state index contributed by atoms with van der Waals surface area (Å²) in [7, 11) is 2.55. The quantitative estimate of drug-likeness (QED) is 0.0273. The van der Waals surface area contributed by atoms with Crippen LogP contribution in [0.15, 0.2) is 65.8 Å². The summed E-state index contributed by atoms with van der Waals surface area (Å²) >= 11 is 0. The molecule has 6 rings (SSSR count). The lowest BCUT2D eigenvalue weighted by atomic mass is 9.85. The van der Waals surface area contributed by atoms with Crippen LogP contribution in [-0.4, -0.2) is 160 Å². The number of nitrogens with zero attached hydrogens (tertiary/aromatic N) is 2. The Kier molecular flexibility index (Phi) is 24.4. The summed E-state index contributed by atoms with van der Waals surface area (Å²) < 4.78 is -0.741. The van der Waals surface area contributed by atoms with Gasteiger partial charge in [-0.3, -0.25) is 57.7 Å². The minimum absolute atomic E-state index is 0.00506. The van der Waals surface area contributed by atoms with Crippen LogP contribution >= 0.6 is 21.6 Å². The van der Waals surface area contributed by atoms with E-state index < -0.39 is 131 Å². The summed E-state index contributed by atoms with van der Waals surface area (Å²) in [6, 6.07) is 6.39. The number of nitrogens with one attached hydrogen (secondary N) is 9. The molecule has 2 saturated heterocycles. The molecule has 17 N–H and O–H groups in total. The highest BCUT2D eigenvalue weighted by molar-refractivity contribution is 8.77. The van der Waals surface area contributed by atoms with Gasteiger partial charge in [0, 0.05) is 72.9 Å². The van der Waals surface area contributed by atoms with E-state index in [4.69, 9.17) is 22.9 Å². The van der Waals surface area contributed by atoms with Gasteiger partial charge in [0.1, 0.15) is 42.3 Å². The number of rotatable bonds is 20. The van der Waals surface area contributed by atoms with Crippen LogP contribution in [0.5, 0.6) is 0 Å². The minimum Gasteiger partial charge on any atom is -0.370 e. The second-order valence-corrected chi connectivity index (χ2v) is 23.8. The highest BCUT2D eigenvalue weighted by Gasteiger charge is 2.42. The van der Waals surface area contributed by atoms with E-state index in [1.165, 1.54) is 26.5 Å². The van der Waals surface area contributed by atoms with Gasteiger partial charge in [-0.1, -0.05) is 89.4 Å². The topological polar surface area (TPSA) is 419 Å². The number of fused-ring (bicyclic) bond motifs is 1. The van der Waals surface area contributed by atoms with E-state index in [0.29, 0.717) is 36.9 Å². The summed E-state index contributed by atoms with van der Waals surface area (Å²) in [6.07, 6.45) is 4.32. The van der Waals surface area contributed by atoms with Crippen molar-refractivity contribution < 1.29 is 52.7 Å². The zero-order chi connectivity index (χ0) is 60.1. The van der Waals surface area contributed by atoms with Crippen molar-refractivity contribution in [1.82, 2.24) is 52.4 Å². The third kappa shape index (κ3) is 19.6. The number of hydrogen-bond acceptors (Lipinski definition) is 14. The summed E-state index contributed by atoms with van der Waals surface area (Å²) in [5, 5.41) is 22.3. The molecule has 83 heavy (non-hydrogen) atoms. The van der Waals surface area contributed by atoms with Gasteiger partial charge in [-0.25, -0.2) is 0 Å². The monoisotopic (exact) mass is 1190 g/mol. The maximum absolute atomic E-state index is 15.1. The van der Waals surface area contributed by atoms with E-state index in [9.17, 15) is 47.9 Å². The summed E-state index contributed by atoms with van der Waals surface area (Å²) in [6.45, 7) is 1.83. The number of likely N-dealkylation sites (N-methyl/N-ethyl adjacent to an activating group) is 1. The first-order valence-corrected chi connectivity index (χ1v) is 30.2. The molecule has 1 aliphatic carbocycles. The van der Waals surface area contributed by atoms with Gasteiger partial charge < -0.3 is 75.4 Å². The second kappa shape index (κ2) is 31.5. The van der Waals surface area contributed by atoms with Crippen molar-refractivity contribution in [3.8, 4) is 0 Å². The number of nitrogens with two attached hydrogens (primary N) is 4. The second-order valence-electron chi connectivity index (χ2n) is 21.0. The van der Waals surface area contributed by atoms with Gasteiger partial charge in [-0.05, 0) is 69.1 Å². The number of primary amides is 2. The van der Waals surface area contributed by atoms with Gasteiger partial charge in [-0.2, -0.15) is 0 Å². The molecule has 0 radical (unpaired) electrons. The van der Waals surface area contributed by atoms with Crippen LogP contribution in [0.4, 0.5) is 0 Å². The lowest BCUT2D eigenvalue weighted by Gasteiger charge is -2.37. The van der Waals surface area contributed by atoms with E-state index in [1.54, 1.807) is 43.5 Å². The van der Waals surface area contributed by atoms with Crippen molar-refractivity contribution in [2.24, 2.45) is 27.9 Å². The molecule has 28 heteroatoms. The van der Waals surface area contributed by atoms with Gasteiger partial charge >= 0.3 is 0 Å². The number of likely N-dealkylation sites (tertiary alicyclic amines) is 1. The number of benzene rings is 2. The van der Waals surface area contributed by atoms with E-state index in [1.807, 2.05) is 24.3 Å². The SMILES string of the molecule is CCNC(=O)CNC(=O)[C@H](CCCN=C(N)N)NC(=O)[C@@H]1CCCN1C(=O)C1CSSC2(CCCCC2)CC(=O)NC(Cc2c[nH]c3ccccc23)C(=O)N[C@@H](Cc2ccccc2)C(=O)N[C@@H](CCC(N)=O)C(=O)NC(CC(N)=O)C(=O)N1. The highest BCUT2D eigenvalue weighted by Crippen LogP contribution is 2.48. The molecule has 7 atom stereocenters. The molecule has 11 amide bonds. The predicted molar refractivity (Wildman–Crippen MR) is 313 cm³/mol. The van der Waals surface area contributed by atoms with Crippen LogP contribution in [0.3, 0.4) is 0 Å². The highest BCUT2D eigenvalue weighted by atomic mass is 33.1. The maximum atomic E-state index is 15.1. The average Bonchev–Trinajstić information content (AvgIpc) is 4.36. The number of hydrogen-bond donors (Lipinski definition) is 13. The first kappa shape index (κ1) is 64.3. The van der Waals surface area contributed by atoms with Gasteiger partial charge in [0.05, 0.1) is 13.0 Å². The van der Waals surface area contributed by atoms with E-state index in [0.717, 1.165) is 30.2 Å². The largest absolute Gasteiger partial charge is 0.370 e. The molecule has 2 aliphatic heterocycles. The Labute approximate surface area is 488 Å². The molecule has 0 bridgehead atoms. The third-order valence-electron chi connectivity index (χ3n) is 14.6. The Morgan fingerprint density at radius 3 is 2.12 bits per heavy atom. The average molecular weight is 1190 g/mol. The number of aromatic amines is 1. The van der Waals surface area contributed by atoms with Crippen LogP contribution in [0.25, 0.3) is 10.9 Å². The number of para-hydroxylation sites is 1. The summed E-state index contributed by atoms with van der Waals surface area (Å²) in [5.41, 5.74) is 24.3. The van der Waals surface area contributed by atoms with Gasteiger partial charge in [0.25, 0.3) is 0 Å². The van der Waals surface area contributed by atoms with Crippen molar-refractivity contribution in [2.45, 2.75) is 150 Å². The minimum atomic E-state index is -1.76. The fourth-order valence-electron chi connectivity index (χ4n) is 10.4. The third-order valence-corrected chi connectivity index (χ3v) is 17.9. The van der Waals surface area contributed by atoms with Crippen molar-refractivity contribution >= 4 is 103 Å². The smallest absolute Gasteiger partial charge is 0.246 e. The number of amides is 11. The normalized spacial score (nSPS) is 22.3. The fourth-order valence-corrected chi connectivity index (χ4v) is 13.7. The number of aromatic nitrogens is 1. The molecular formula is C55H77N15O11S2. The number of aliphatic imine (C=N–C) groups is 1. The fraction of sp³-hybridized carbons (Fsp3) is 0.527. The molecule has 1 aromatic heterocycles. The lowest BCUT2D eigenvalue weighted by Crippen LogP contribution is -2.61. The lowest BCUT2D eigenvalue weighted by molar-refractivity contribution is -0.142. The zero-order valence-electron chi connectivity index (χ0n) is 46.5. The Morgan fingerprint density at radius 1 is 0.759 bits per heavy atom. The van der Waals surface area contributed by atoms with Crippen molar-refractivity contribution in [3.05, 3.63) is 71.9 Å². The molecule has 3 heterocycles. The molecule has 2 aromatic carbocycles. The molecule has 3 aliphatic rings. The summed E-state index contributed by atoms with van der Waals surface area (Å²) in [4.78, 5) is 161. The molecule has 450 valence electrons. The molecular weight excluding hydrogens is 1110 g/mol. The molecule has 1 spiro atoms.